The highest BCUT2D eigenvalue weighted by Gasteiger charge is 2.23. The van der Waals surface area contributed by atoms with Gasteiger partial charge in [0.2, 0.25) is 0 Å². The van der Waals surface area contributed by atoms with Crippen molar-refractivity contribution in [3.05, 3.63) is 85.5 Å². The zero-order chi connectivity index (χ0) is 41.9. The van der Waals surface area contributed by atoms with Crippen LogP contribution in [-0.2, 0) is 13.1 Å². The number of nitrogens with zero attached hydrogens (tertiary/aromatic N) is 9. The van der Waals surface area contributed by atoms with Crippen LogP contribution >= 0.6 is 0 Å². The summed E-state index contributed by atoms with van der Waals surface area (Å²) >= 11 is 0. The molecule has 0 atom stereocenters. The van der Waals surface area contributed by atoms with E-state index in [0.29, 0.717) is 36.7 Å². The molecular weight excluding hydrogens is 765 g/mol. The van der Waals surface area contributed by atoms with Gasteiger partial charge in [0.05, 0.1) is 24.0 Å². The van der Waals surface area contributed by atoms with Crippen molar-refractivity contribution in [3.8, 4) is 34.0 Å². The quantitative estimate of drug-likeness (QED) is 0.124. The normalized spacial score (nSPS) is 15.4. The van der Waals surface area contributed by atoms with E-state index in [4.69, 9.17) is 31.1 Å². The van der Waals surface area contributed by atoms with Gasteiger partial charge in [-0.05, 0) is 143 Å². The highest BCUT2D eigenvalue weighted by atomic mass is 16.5. The lowest BCUT2D eigenvalue weighted by atomic mass is 9.97. The van der Waals surface area contributed by atoms with Crippen LogP contribution in [0.2, 0.25) is 0 Å². The first-order valence-electron chi connectivity index (χ1n) is 21.5. The van der Waals surface area contributed by atoms with Gasteiger partial charge in [-0.2, -0.15) is 10.2 Å². The minimum absolute atomic E-state index is 0.471. The van der Waals surface area contributed by atoms with Gasteiger partial charge in [-0.15, -0.1) is 0 Å². The molecule has 0 saturated carbocycles. The lowest BCUT2D eigenvalue weighted by Gasteiger charge is -2.28. The number of nitrogens with one attached hydrogen (secondary N) is 1. The van der Waals surface area contributed by atoms with Crippen molar-refractivity contribution in [2.75, 3.05) is 57.9 Å². The van der Waals surface area contributed by atoms with E-state index in [1.807, 2.05) is 35.3 Å². The van der Waals surface area contributed by atoms with E-state index in [2.05, 4.69) is 97.9 Å². The topological polar surface area (TPSA) is 173 Å². The van der Waals surface area contributed by atoms with E-state index in [1.165, 1.54) is 25.5 Å². The summed E-state index contributed by atoms with van der Waals surface area (Å²) in [6, 6.07) is 25.0. The van der Waals surface area contributed by atoms with Crippen LogP contribution in [-0.4, -0.2) is 90.8 Å². The first-order chi connectivity index (χ1) is 29.8. The molecule has 4 aromatic heterocycles. The molecule has 2 saturated heterocycles. The molecule has 2 aliphatic rings. The van der Waals surface area contributed by atoms with Gasteiger partial charge in [-0.1, -0.05) is 36.4 Å². The summed E-state index contributed by atoms with van der Waals surface area (Å²) in [5, 5.41) is 19.6. The van der Waals surface area contributed by atoms with E-state index in [9.17, 15) is 0 Å². The minimum Gasteiger partial charge on any atom is -0.494 e. The number of likely N-dealkylation sites (tertiary alicyclic amines) is 1. The standard InChI is InChI=1S/C24H28N6O.C23H26N6O/c1-3-31-20-7-6-17-12-19(5-4-18(17)13-20)22-21-23(25)26-15-27-24(21)30(28-22)14-16-8-10-29(2)11-9-16;1-2-30-19-6-5-16-11-18(4-3-17(16)12-19)21-20-22(24)26-14-27-23(20)29(28-21)13-15-7-9-25-10-8-15/h4-7,12-13,15-16H,3,8-11,14H2,1-2H3,(H2,25,26,27);3-6,11-12,14-15,25H,2,7-10,13H2,1H3,(H2,24,26,27). The maximum Gasteiger partial charge on any atom is 0.163 e. The first-order valence-corrected chi connectivity index (χ1v) is 21.5. The van der Waals surface area contributed by atoms with Crippen LogP contribution in [0, 0.1) is 11.8 Å². The van der Waals surface area contributed by atoms with Crippen LogP contribution in [0.25, 0.3) is 66.1 Å². The van der Waals surface area contributed by atoms with E-state index in [0.717, 1.165) is 130 Å². The Balaban J connectivity index is 0.000000156. The highest BCUT2D eigenvalue weighted by Crippen LogP contribution is 2.35. The number of nitrogen functional groups attached to an aromatic ring is 2. The number of ether oxygens (including phenoxy) is 2. The summed E-state index contributed by atoms with van der Waals surface area (Å²) in [6.45, 7) is 11.4. The lowest BCUT2D eigenvalue weighted by molar-refractivity contribution is 0.202. The Hall–Kier alpha value is -6.38. The summed E-state index contributed by atoms with van der Waals surface area (Å²) < 4.78 is 15.3. The molecule has 0 unspecified atom stereocenters. The van der Waals surface area contributed by atoms with Crippen LogP contribution < -0.4 is 26.3 Å². The van der Waals surface area contributed by atoms with Gasteiger partial charge in [-0.3, -0.25) is 0 Å². The van der Waals surface area contributed by atoms with Gasteiger partial charge in [0.15, 0.2) is 11.3 Å². The number of piperidine rings is 2. The maximum atomic E-state index is 6.30. The number of rotatable bonds is 10. The molecule has 5 N–H and O–H groups in total. The Bertz CT molecular complexity index is 2800. The molecule has 0 spiro atoms. The second-order valence-electron chi connectivity index (χ2n) is 16.2. The minimum atomic E-state index is 0.471. The highest BCUT2D eigenvalue weighted by molar-refractivity contribution is 6.01. The largest absolute Gasteiger partial charge is 0.494 e. The molecular formula is C47H54N12O2. The summed E-state index contributed by atoms with van der Waals surface area (Å²) in [5.41, 5.74) is 17.9. The molecule has 14 nitrogen and oxygen atoms in total. The molecule has 0 aliphatic carbocycles. The summed E-state index contributed by atoms with van der Waals surface area (Å²) in [7, 11) is 2.18. The Morgan fingerprint density at radius 3 is 1.51 bits per heavy atom. The third kappa shape index (κ3) is 8.50. The van der Waals surface area contributed by atoms with E-state index in [-0.39, 0.29) is 0 Å². The number of hydrogen-bond acceptors (Lipinski definition) is 12. The average molecular weight is 819 g/mol. The Labute approximate surface area is 355 Å². The van der Waals surface area contributed by atoms with Gasteiger partial charge in [0.1, 0.15) is 47.2 Å². The SMILES string of the molecule is CCOc1ccc2cc(-c3nn(CC4CCN(C)CC4)c4ncnc(N)c34)ccc2c1.CCOc1ccc2cc(-c3nn(CC4CCNCC4)c4ncnc(N)c34)ccc2c1. The second-order valence-corrected chi connectivity index (χ2v) is 16.2. The molecule has 0 radical (unpaired) electrons. The zero-order valence-electron chi connectivity index (χ0n) is 35.2. The molecule has 2 fully saturated rings. The monoisotopic (exact) mass is 818 g/mol. The fraction of sp³-hybridized carbons (Fsp3) is 0.362. The second kappa shape index (κ2) is 17.7. The molecule has 61 heavy (non-hydrogen) atoms. The molecule has 10 rings (SSSR count). The third-order valence-corrected chi connectivity index (χ3v) is 12.1. The van der Waals surface area contributed by atoms with E-state index < -0.39 is 0 Å². The number of benzene rings is 4. The molecule has 8 aromatic rings. The number of aromatic nitrogens is 8. The molecule has 2 aliphatic heterocycles. The molecule has 14 heteroatoms. The fourth-order valence-electron chi connectivity index (χ4n) is 8.77. The van der Waals surface area contributed by atoms with Crippen molar-refractivity contribution >= 4 is 55.2 Å². The van der Waals surface area contributed by atoms with Gasteiger partial charge >= 0.3 is 0 Å². The average Bonchev–Trinajstić information content (AvgIpc) is 3.84. The van der Waals surface area contributed by atoms with Gasteiger partial charge in [-0.25, -0.2) is 29.3 Å². The molecule has 314 valence electrons. The maximum absolute atomic E-state index is 6.30. The van der Waals surface area contributed by atoms with Crippen LogP contribution in [0.3, 0.4) is 0 Å². The van der Waals surface area contributed by atoms with E-state index >= 15 is 0 Å². The molecule has 0 amide bonds. The van der Waals surface area contributed by atoms with Gasteiger partial charge in [0.25, 0.3) is 0 Å². The molecule has 6 heterocycles. The zero-order valence-corrected chi connectivity index (χ0v) is 35.2. The van der Waals surface area contributed by atoms with Crippen LogP contribution in [0.4, 0.5) is 11.6 Å². The number of nitrogens with two attached hydrogens (primary N) is 2. The van der Waals surface area contributed by atoms with Crippen molar-refractivity contribution in [1.82, 2.24) is 49.7 Å². The number of anilines is 2. The Kier molecular flexibility index (Phi) is 11.6. The van der Waals surface area contributed by atoms with Crippen molar-refractivity contribution in [3.63, 3.8) is 0 Å². The fourth-order valence-corrected chi connectivity index (χ4v) is 8.77. The van der Waals surface area contributed by atoms with Crippen molar-refractivity contribution in [2.45, 2.75) is 52.6 Å². The first kappa shape index (κ1) is 40.0. The van der Waals surface area contributed by atoms with Gasteiger partial charge < -0.3 is 31.2 Å². The third-order valence-electron chi connectivity index (χ3n) is 12.1. The van der Waals surface area contributed by atoms with Crippen LogP contribution in [0.1, 0.15) is 39.5 Å². The van der Waals surface area contributed by atoms with Crippen LogP contribution in [0.5, 0.6) is 11.5 Å². The van der Waals surface area contributed by atoms with E-state index in [1.54, 1.807) is 0 Å². The number of fused-ring (bicyclic) bond motifs is 4. The smallest absolute Gasteiger partial charge is 0.163 e. The van der Waals surface area contributed by atoms with Crippen molar-refractivity contribution < 1.29 is 9.47 Å². The Morgan fingerprint density at radius 1 is 0.590 bits per heavy atom. The van der Waals surface area contributed by atoms with Crippen molar-refractivity contribution in [1.29, 1.82) is 0 Å². The molecule has 0 bridgehead atoms. The molecule has 4 aromatic carbocycles. The Morgan fingerprint density at radius 2 is 1.03 bits per heavy atom. The number of hydrogen-bond donors (Lipinski definition) is 3. The summed E-state index contributed by atoms with van der Waals surface area (Å²) in [6.07, 6.45) is 7.70. The van der Waals surface area contributed by atoms with Crippen molar-refractivity contribution in [2.24, 2.45) is 11.8 Å². The predicted molar refractivity (Wildman–Crippen MR) is 244 cm³/mol. The lowest BCUT2D eigenvalue weighted by Crippen LogP contribution is -2.32. The van der Waals surface area contributed by atoms with Gasteiger partial charge in [0, 0.05) is 24.2 Å². The predicted octanol–water partition coefficient (Wildman–Crippen LogP) is 7.60. The summed E-state index contributed by atoms with van der Waals surface area (Å²) in [4.78, 5) is 19.9. The summed E-state index contributed by atoms with van der Waals surface area (Å²) in [5.74, 6) is 3.89. The van der Waals surface area contributed by atoms with Crippen LogP contribution in [0.15, 0.2) is 85.5 Å².